The number of benzene rings is 2. The quantitative estimate of drug-likeness (QED) is 0.454. The van der Waals surface area contributed by atoms with Gasteiger partial charge in [0.1, 0.15) is 5.75 Å². The average Bonchev–Trinajstić information content (AvgIpc) is 3.06. The molecule has 1 aromatic heterocycles. The van der Waals surface area contributed by atoms with E-state index >= 15 is 0 Å². The summed E-state index contributed by atoms with van der Waals surface area (Å²) in [5.74, 6) is 2.37. The Morgan fingerprint density at radius 3 is 2.36 bits per heavy atom. The lowest BCUT2D eigenvalue weighted by Gasteiger charge is -2.11. The Labute approximate surface area is 155 Å². The highest BCUT2D eigenvalue weighted by molar-refractivity contribution is 7.99. The number of nitrogens with zero attached hydrogens (tertiary/aromatic N) is 3. The molecule has 3 aromatic rings. The standard InChI is InChI=1S/C18H18ClN3O2S/c1-23-11-12-25-18-21-20-17(13-3-5-14(19)6-4-13)22(18)15-7-9-16(24-2)10-8-15/h3-10H,11-12H2,1-2H3. The number of ether oxygens (including phenoxy) is 2. The normalized spacial score (nSPS) is 10.8. The average molecular weight is 376 g/mol. The first-order valence-electron chi connectivity index (χ1n) is 7.70. The van der Waals surface area contributed by atoms with Crippen molar-refractivity contribution in [2.45, 2.75) is 5.16 Å². The molecule has 0 aliphatic heterocycles. The second-order valence-corrected chi connectivity index (χ2v) is 6.69. The van der Waals surface area contributed by atoms with Crippen LogP contribution in [-0.2, 0) is 4.74 Å². The van der Waals surface area contributed by atoms with E-state index in [4.69, 9.17) is 21.1 Å². The van der Waals surface area contributed by atoms with Gasteiger partial charge >= 0.3 is 0 Å². The molecule has 0 unspecified atom stereocenters. The number of methoxy groups -OCH3 is 2. The number of hydrogen-bond acceptors (Lipinski definition) is 5. The summed E-state index contributed by atoms with van der Waals surface area (Å²) in [6.45, 7) is 0.649. The van der Waals surface area contributed by atoms with Crippen LogP contribution in [0.25, 0.3) is 17.1 Å². The van der Waals surface area contributed by atoms with Crippen LogP contribution in [0.5, 0.6) is 5.75 Å². The molecule has 0 amide bonds. The fraction of sp³-hybridized carbons (Fsp3) is 0.222. The van der Waals surface area contributed by atoms with Crippen molar-refractivity contribution in [3.63, 3.8) is 0 Å². The zero-order valence-electron chi connectivity index (χ0n) is 14.0. The molecule has 0 N–H and O–H groups in total. The minimum absolute atomic E-state index is 0.649. The topological polar surface area (TPSA) is 49.2 Å². The molecule has 0 fully saturated rings. The molecule has 0 spiro atoms. The van der Waals surface area contributed by atoms with Gasteiger partial charge < -0.3 is 9.47 Å². The van der Waals surface area contributed by atoms with Gasteiger partial charge in [-0.15, -0.1) is 10.2 Å². The molecular formula is C18H18ClN3O2S. The van der Waals surface area contributed by atoms with Gasteiger partial charge in [0, 0.05) is 29.1 Å². The molecule has 130 valence electrons. The summed E-state index contributed by atoms with van der Waals surface area (Å²) in [5.41, 5.74) is 1.92. The van der Waals surface area contributed by atoms with Crippen molar-refractivity contribution in [2.75, 3.05) is 26.6 Å². The number of halogens is 1. The maximum absolute atomic E-state index is 6.00. The molecule has 5 nitrogen and oxygen atoms in total. The number of rotatable bonds is 7. The Balaban J connectivity index is 2.03. The summed E-state index contributed by atoms with van der Waals surface area (Å²) in [5, 5.41) is 10.3. The Bertz CT molecular complexity index is 819. The van der Waals surface area contributed by atoms with Crippen molar-refractivity contribution in [3.8, 4) is 22.8 Å². The molecule has 0 saturated heterocycles. The van der Waals surface area contributed by atoms with E-state index in [1.165, 1.54) is 0 Å². The highest BCUT2D eigenvalue weighted by atomic mass is 35.5. The van der Waals surface area contributed by atoms with Crippen LogP contribution >= 0.6 is 23.4 Å². The first-order chi connectivity index (χ1) is 12.2. The maximum atomic E-state index is 6.00. The largest absolute Gasteiger partial charge is 0.497 e. The second kappa shape index (κ2) is 8.38. The van der Waals surface area contributed by atoms with Crippen LogP contribution < -0.4 is 4.74 Å². The Hall–Kier alpha value is -2.02. The summed E-state index contributed by atoms with van der Waals surface area (Å²) in [6.07, 6.45) is 0. The van der Waals surface area contributed by atoms with Gasteiger partial charge in [0.25, 0.3) is 0 Å². The Morgan fingerprint density at radius 1 is 1.00 bits per heavy atom. The molecule has 7 heteroatoms. The highest BCUT2D eigenvalue weighted by Crippen LogP contribution is 2.29. The predicted octanol–water partition coefficient (Wildman–Crippen LogP) is 4.33. The third-order valence-electron chi connectivity index (χ3n) is 3.59. The van der Waals surface area contributed by atoms with Crippen molar-refractivity contribution < 1.29 is 9.47 Å². The lowest BCUT2D eigenvalue weighted by Crippen LogP contribution is -2.01. The molecular weight excluding hydrogens is 358 g/mol. The number of aromatic nitrogens is 3. The zero-order valence-corrected chi connectivity index (χ0v) is 15.5. The smallest absolute Gasteiger partial charge is 0.196 e. The van der Waals surface area contributed by atoms with Crippen LogP contribution in [0.15, 0.2) is 53.7 Å². The number of thioether (sulfide) groups is 1. The van der Waals surface area contributed by atoms with Crippen molar-refractivity contribution >= 4 is 23.4 Å². The van der Waals surface area contributed by atoms with E-state index < -0.39 is 0 Å². The highest BCUT2D eigenvalue weighted by Gasteiger charge is 2.16. The van der Waals surface area contributed by atoms with E-state index in [1.54, 1.807) is 26.0 Å². The molecule has 3 rings (SSSR count). The summed E-state index contributed by atoms with van der Waals surface area (Å²) in [6, 6.07) is 15.4. The van der Waals surface area contributed by atoms with E-state index in [-0.39, 0.29) is 0 Å². The van der Waals surface area contributed by atoms with Crippen LogP contribution in [0.4, 0.5) is 0 Å². The van der Waals surface area contributed by atoms with E-state index in [9.17, 15) is 0 Å². The fourth-order valence-corrected chi connectivity index (χ4v) is 3.31. The van der Waals surface area contributed by atoms with Crippen molar-refractivity contribution in [1.82, 2.24) is 14.8 Å². The van der Waals surface area contributed by atoms with Gasteiger partial charge in [-0.3, -0.25) is 4.57 Å². The molecule has 1 heterocycles. The van der Waals surface area contributed by atoms with E-state index in [2.05, 4.69) is 10.2 Å². The van der Waals surface area contributed by atoms with Crippen LogP contribution in [0.3, 0.4) is 0 Å². The van der Waals surface area contributed by atoms with Gasteiger partial charge in [-0.1, -0.05) is 23.4 Å². The number of hydrogen-bond donors (Lipinski definition) is 0. The van der Waals surface area contributed by atoms with Crippen LogP contribution in [-0.4, -0.2) is 41.3 Å². The van der Waals surface area contributed by atoms with E-state index in [1.807, 2.05) is 53.1 Å². The fourth-order valence-electron chi connectivity index (χ4n) is 2.33. The van der Waals surface area contributed by atoms with Gasteiger partial charge in [0.05, 0.1) is 13.7 Å². The monoisotopic (exact) mass is 375 g/mol. The Morgan fingerprint density at radius 2 is 1.72 bits per heavy atom. The minimum Gasteiger partial charge on any atom is -0.497 e. The summed E-state index contributed by atoms with van der Waals surface area (Å²) in [4.78, 5) is 0. The molecule has 0 aliphatic rings. The van der Waals surface area contributed by atoms with Crippen LogP contribution in [0.2, 0.25) is 5.02 Å². The molecule has 2 aromatic carbocycles. The van der Waals surface area contributed by atoms with Crippen molar-refractivity contribution in [3.05, 3.63) is 53.6 Å². The Kier molecular flexibility index (Phi) is 5.96. The molecule has 0 atom stereocenters. The third-order valence-corrected chi connectivity index (χ3v) is 4.73. The summed E-state index contributed by atoms with van der Waals surface area (Å²) < 4.78 is 12.4. The molecule has 0 bridgehead atoms. The van der Waals surface area contributed by atoms with Gasteiger partial charge in [0.15, 0.2) is 11.0 Å². The van der Waals surface area contributed by atoms with Crippen molar-refractivity contribution in [1.29, 1.82) is 0 Å². The van der Waals surface area contributed by atoms with E-state index in [0.717, 1.165) is 33.7 Å². The molecule has 0 aliphatic carbocycles. The van der Waals surface area contributed by atoms with Crippen LogP contribution in [0, 0.1) is 0 Å². The molecule has 0 radical (unpaired) electrons. The first-order valence-corrected chi connectivity index (χ1v) is 9.07. The van der Waals surface area contributed by atoms with E-state index in [0.29, 0.717) is 11.6 Å². The second-order valence-electron chi connectivity index (χ2n) is 5.19. The van der Waals surface area contributed by atoms with Crippen LogP contribution in [0.1, 0.15) is 0 Å². The SMILES string of the molecule is COCCSc1nnc(-c2ccc(Cl)cc2)n1-c1ccc(OC)cc1. The maximum Gasteiger partial charge on any atom is 0.196 e. The first kappa shape index (κ1) is 17.8. The van der Waals surface area contributed by atoms with Gasteiger partial charge in [0.2, 0.25) is 0 Å². The minimum atomic E-state index is 0.649. The molecule has 25 heavy (non-hydrogen) atoms. The zero-order chi connectivity index (χ0) is 17.6. The molecule has 0 saturated carbocycles. The summed E-state index contributed by atoms with van der Waals surface area (Å²) >= 11 is 7.61. The third kappa shape index (κ3) is 4.15. The van der Waals surface area contributed by atoms with Gasteiger partial charge in [-0.25, -0.2) is 0 Å². The van der Waals surface area contributed by atoms with Crippen molar-refractivity contribution in [2.24, 2.45) is 0 Å². The van der Waals surface area contributed by atoms with Gasteiger partial charge in [-0.2, -0.15) is 0 Å². The lowest BCUT2D eigenvalue weighted by molar-refractivity contribution is 0.218. The summed E-state index contributed by atoms with van der Waals surface area (Å²) in [7, 11) is 3.34. The lowest BCUT2D eigenvalue weighted by atomic mass is 10.2. The predicted molar refractivity (Wildman–Crippen MR) is 101 cm³/mol. The van der Waals surface area contributed by atoms with Gasteiger partial charge in [-0.05, 0) is 48.5 Å².